The molecule has 450 valence electrons. The minimum atomic E-state index is -5.24. The fraction of sp³-hybridized carbons (Fsp3) is 0.315. The first-order chi connectivity index (χ1) is 38.3. The molecule has 84 heavy (non-hydrogen) atoms. The van der Waals surface area contributed by atoms with E-state index in [1.807, 2.05) is 0 Å². The summed E-state index contributed by atoms with van der Waals surface area (Å²) in [6, 6.07) is 17.9. The van der Waals surface area contributed by atoms with Crippen LogP contribution in [-0.4, -0.2) is 136 Å². The molecule has 0 atom stereocenters. The standard InChI is InChI=1S/C54H57N3O21S6/c1-52(2)25-33(29-79(61,62)63)39-21-41-43(23-45(39)56(52)27-31-14-16-35(81(67,68)69)19-47(31)83(73,74)75)54(5,6)44-24-46-40(22-42(44)50(41)37-11-8-9-12-38(37)51(60)55(7)18-10-13-49(58)59)34(30-80(64,65)66)26-53(3,4)57(46)28-32-15-17-36(82(70,71)72)20-48(32)84(76,77)78/h8-9,11-12,14-17,19-26H,10,13,18,27-30H2,1-7H3,(H6-,58,59,61,62,63,64,65,66,67,68,69,70,71,72,73,74,75,76,77,78)/p+1. The van der Waals surface area contributed by atoms with Crippen LogP contribution >= 0.6 is 0 Å². The summed E-state index contributed by atoms with van der Waals surface area (Å²) in [6.45, 7) is 9.09. The van der Waals surface area contributed by atoms with Gasteiger partial charge < -0.3 is 14.9 Å². The summed E-state index contributed by atoms with van der Waals surface area (Å²) >= 11 is 0. The topological polar surface area (TPSA) is 390 Å². The van der Waals surface area contributed by atoms with E-state index in [9.17, 15) is 92.5 Å². The number of carboxylic acids is 1. The van der Waals surface area contributed by atoms with Gasteiger partial charge in [0.15, 0.2) is 12.1 Å². The van der Waals surface area contributed by atoms with Crippen molar-refractivity contribution in [2.45, 2.75) is 104 Å². The Hall–Kier alpha value is -6.55. The minimum Gasteiger partial charge on any atom is -0.481 e. The second-order valence-corrected chi connectivity index (χ2v) is 30.8. The van der Waals surface area contributed by atoms with Crippen molar-refractivity contribution in [3.8, 4) is 0 Å². The van der Waals surface area contributed by atoms with E-state index in [0.717, 1.165) is 24.3 Å². The molecule has 0 bridgehead atoms. The summed E-state index contributed by atoms with van der Waals surface area (Å²) < 4.78 is 216. The average molecular weight is 1280 g/mol. The smallest absolute Gasteiger partial charge is 0.303 e. The third-order valence-electron chi connectivity index (χ3n) is 15.1. The van der Waals surface area contributed by atoms with Crippen LogP contribution in [0.4, 0.5) is 5.69 Å². The van der Waals surface area contributed by atoms with Crippen molar-refractivity contribution < 1.29 is 92.5 Å². The van der Waals surface area contributed by atoms with Gasteiger partial charge in [-0.2, -0.15) is 50.5 Å². The number of anilines is 1. The molecule has 0 radical (unpaired) electrons. The lowest BCUT2D eigenvalue weighted by Gasteiger charge is -2.45. The molecule has 0 spiro atoms. The van der Waals surface area contributed by atoms with Crippen molar-refractivity contribution in [3.63, 3.8) is 0 Å². The monoisotopic (exact) mass is 1280 g/mol. The molecule has 24 nitrogen and oxygen atoms in total. The number of carboxylic acid groups (broad SMARTS) is 1. The molecule has 0 saturated heterocycles. The largest absolute Gasteiger partial charge is 0.481 e. The molecular weight excluding hydrogens is 1220 g/mol. The van der Waals surface area contributed by atoms with Crippen LogP contribution in [0.2, 0.25) is 0 Å². The van der Waals surface area contributed by atoms with Crippen LogP contribution in [0.5, 0.6) is 0 Å². The Labute approximate surface area is 485 Å². The van der Waals surface area contributed by atoms with Crippen molar-refractivity contribution in [2.24, 2.45) is 0 Å². The van der Waals surface area contributed by atoms with Gasteiger partial charge in [-0.15, -0.1) is 0 Å². The van der Waals surface area contributed by atoms with Gasteiger partial charge in [-0.05, 0) is 131 Å². The average Bonchev–Trinajstić information content (AvgIpc) is 0.719. The van der Waals surface area contributed by atoms with Crippen molar-refractivity contribution in [1.29, 1.82) is 0 Å². The molecule has 0 unspecified atom stereocenters. The molecule has 0 fully saturated rings. The summed E-state index contributed by atoms with van der Waals surface area (Å²) in [6.07, 6.45) is 2.77. The molecule has 30 heteroatoms. The molecule has 0 aromatic heterocycles. The highest BCUT2D eigenvalue weighted by molar-refractivity contribution is 7.87. The lowest BCUT2D eigenvalue weighted by Crippen LogP contribution is -2.51. The number of fused-ring (bicyclic) bond motifs is 4. The van der Waals surface area contributed by atoms with Gasteiger partial charge in [0.25, 0.3) is 66.6 Å². The van der Waals surface area contributed by atoms with Gasteiger partial charge in [-0.3, -0.25) is 36.9 Å². The number of aliphatic carboxylic acids is 1. The van der Waals surface area contributed by atoms with Crippen LogP contribution in [-0.2, 0) is 84.0 Å². The molecule has 2 aliphatic heterocycles. The summed E-state index contributed by atoms with van der Waals surface area (Å²) in [5.74, 6) is -3.66. The van der Waals surface area contributed by atoms with Crippen molar-refractivity contribution in [1.82, 2.24) is 9.48 Å². The maximum Gasteiger partial charge on any atom is 0.303 e. The van der Waals surface area contributed by atoms with Gasteiger partial charge in [0.2, 0.25) is 5.36 Å². The quantitative estimate of drug-likeness (QED) is 0.0474. The summed E-state index contributed by atoms with van der Waals surface area (Å²) in [4.78, 5) is 25.7. The highest BCUT2D eigenvalue weighted by Gasteiger charge is 2.44. The van der Waals surface area contributed by atoms with Crippen molar-refractivity contribution >= 4 is 95.0 Å². The Kier molecular flexibility index (Phi) is 16.2. The van der Waals surface area contributed by atoms with Crippen LogP contribution in [0.3, 0.4) is 0 Å². The van der Waals surface area contributed by atoms with E-state index in [0.29, 0.717) is 34.0 Å². The molecule has 7 N–H and O–H groups in total. The number of rotatable bonds is 18. The van der Waals surface area contributed by atoms with E-state index in [4.69, 9.17) is 0 Å². The predicted molar refractivity (Wildman–Crippen MR) is 306 cm³/mol. The number of nitrogens with zero attached hydrogens (tertiary/aromatic N) is 3. The first-order valence-corrected chi connectivity index (χ1v) is 34.1. The zero-order valence-corrected chi connectivity index (χ0v) is 50.7. The summed E-state index contributed by atoms with van der Waals surface area (Å²) in [5.41, 5.74) is -2.25. The van der Waals surface area contributed by atoms with Gasteiger partial charge in [-0.1, -0.05) is 44.2 Å². The fourth-order valence-corrected chi connectivity index (χ4v) is 15.2. The van der Waals surface area contributed by atoms with Crippen molar-refractivity contribution in [3.05, 3.63) is 158 Å². The number of carbonyl (C=O) groups is 2. The highest BCUT2D eigenvalue weighted by Crippen LogP contribution is 2.49. The molecule has 5 aromatic rings. The second kappa shape index (κ2) is 21.4. The fourth-order valence-electron chi connectivity index (χ4n) is 11.3. The lowest BCUT2D eigenvalue weighted by molar-refractivity contribution is -0.137. The van der Waals surface area contributed by atoms with Crippen LogP contribution < -0.4 is 20.1 Å². The highest BCUT2D eigenvalue weighted by atomic mass is 32.2. The van der Waals surface area contributed by atoms with E-state index < -0.39 is 133 Å². The van der Waals surface area contributed by atoms with Gasteiger partial charge in [0.05, 0.1) is 20.9 Å². The molecule has 0 saturated carbocycles. The maximum absolute atomic E-state index is 14.8. The van der Waals surface area contributed by atoms with E-state index in [-0.39, 0.29) is 80.5 Å². The van der Waals surface area contributed by atoms with E-state index in [2.05, 4.69) is 0 Å². The minimum absolute atomic E-state index is 0.0174. The zero-order valence-electron chi connectivity index (χ0n) is 45.8. The molecule has 1 aliphatic carbocycles. The van der Waals surface area contributed by atoms with E-state index in [1.165, 1.54) is 30.2 Å². The molecule has 2 heterocycles. The van der Waals surface area contributed by atoms with Gasteiger partial charge in [0.1, 0.15) is 21.3 Å². The van der Waals surface area contributed by atoms with Gasteiger partial charge in [0, 0.05) is 74.3 Å². The second-order valence-electron chi connectivity index (χ2n) is 22.3. The Morgan fingerprint density at radius 3 is 1.65 bits per heavy atom. The third kappa shape index (κ3) is 12.8. The molecule has 1 amide bonds. The zero-order chi connectivity index (χ0) is 62.6. The first-order valence-electron chi connectivity index (χ1n) is 25.2. The van der Waals surface area contributed by atoms with Crippen LogP contribution in [0.25, 0.3) is 16.7 Å². The van der Waals surface area contributed by atoms with Crippen LogP contribution in [0, 0.1) is 0 Å². The number of carbonyl (C=O) groups excluding carboxylic acids is 1. The Bertz CT molecular complexity index is 4630. The first kappa shape index (κ1) is 63.5. The van der Waals surface area contributed by atoms with Gasteiger partial charge >= 0.3 is 5.97 Å². The lowest BCUT2D eigenvalue weighted by atomic mass is 9.67. The Morgan fingerprint density at radius 2 is 1.12 bits per heavy atom. The third-order valence-corrected chi connectivity index (χ3v) is 20.0. The SMILES string of the molecule is CN(CCCC(=O)O)C(=O)c1ccccc1C1=c2cc3c(cc2C(C)(C)c2cc4c(cc21)C(CS(=O)(=O)O)=CC(C)(C)N4Cc1ccc(S(=O)(=O)O)cc1S(=O)(=O)O)=[N+](Cc1ccc(S(=O)(=O)O)cc1S(=O)(=O)O)C(C)(C)C=C3CS(=O)(=O)O. The number of amides is 1. The van der Waals surface area contributed by atoms with Crippen LogP contribution in [0.15, 0.2) is 117 Å². The Morgan fingerprint density at radius 1 is 0.583 bits per heavy atom. The number of hydrogen-bond acceptors (Lipinski definition) is 15. The van der Waals surface area contributed by atoms with E-state index >= 15 is 0 Å². The normalized spacial score (nSPS) is 16.6. The molecule has 5 aromatic carbocycles. The van der Waals surface area contributed by atoms with Crippen LogP contribution in [0.1, 0.15) is 109 Å². The molecular formula is C54H58N3O21S6+. The summed E-state index contributed by atoms with van der Waals surface area (Å²) in [5, 5.41) is 9.91. The molecule has 3 aliphatic rings. The maximum atomic E-state index is 14.8. The Balaban J connectivity index is 1.55. The summed E-state index contributed by atoms with van der Waals surface area (Å²) in [7, 11) is -28.8. The predicted octanol–water partition coefficient (Wildman–Crippen LogP) is 4.32. The number of hydrogen-bond donors (Lipinski definition) is 7. The van der Waals surface area contributed by atoms with E-state index in [1.54, 1.807) is 93.5 Å². The number of benzene rings is 5. The van der Waals surface area contributed by atoms with Crippen molar-refractivity contribution in [2.75, 3.05) is 30.0 Å². The molecule has 8 rings (SSSR count). The van der Waals surface area contributed by atoms with Gasteiger partial charge in [-0.25, -0.2) is 4.58 Å².